The van der Waals surface area contributed by atoms with Crippen LogP contribution >= 0.6 is 0 Å². The molecule has 5 heteroatoms. The number of ketones is 1. The lowest BCUT2D eigenvalue weighted by Crippen LogP contribution is -2.78. The zero-order valence-corrected chi connectivity index (χ0v) is 8.08. The molecule has 0 fully saturated rings. The molecule has 0 aromatic heterocycles. The fourth-order valence-corrected chi connectivity index (χ4v) is 0.880. The summed E-state index contributed by atoms with van der Waals surface area (Å²) in [6, 6.07) is 0. The second kappa shape index (κ2) is 5.53. The number of Topliss-reactive ketones (excluding diaryl/α,β-unsaturated/α-hetero) is 1. The van der Waals surface area contributed by atoms with E-state index in [1.54, 1.807) is 13.8 Å². The van der Waals surface area contributed by atoms with Gasteiger partial charge in [0.15, 0.2) is 5.78 Å². The maximum atomic E-state index is 11.2. The summed E-state index contributed by atoms with van der Waals surface area (Å²) in [6.07, 6.45) is -0.596. The van der Waals surface area contributed by atoms with E-state index in [-0.39, 0.29) is 17.7 Å². The Hall–Kier alpha value is -1.10. The van der Waals surface area contributed by atoms with Crippen molar-refractivity contribution in [1.29, 1.82) is 0 Å². The van der Waals surface area contributed by atoms with E-state index < -0.39 is 6.10 Å². The molecule has 1 unspecified atom stereocenters. The SMILES string of the molecule is CC(C)C(=O)C(O)CC[NH+]=C(N)N. The van der Waals surface area contributed by atoms with E-state index in [2.05, 4.69) is 4.99 Å². The highest BCUT2D eigenvalue weighted by Crippen LogP contribution is 2.01. The first-order chi connectivity index (χ1) is 5.95. The molecule has 0 aromatic rings. The molecule has 0 aliphatic heterocycles. The molecule has 0 radical (unpaired) electrons. The molecule has 0 spiro atoms. The highest BCUT2D eigenvalue weighted by molar-refractivity contribution is 5.84. The third-order valence-electron chi connectivity index (χ3n) is 1.64. The van der Waals surface area contributed by atoms with Crippen LogP contribution in [0.3, 0.4) is 0 Å². The van der Waals surface area contributed by atoms with Gasteiger partial charge in [0.05, 0.1) is 6.54 Å². The second-order valence-electron chi connectivity index (χ2n) is 3.24. The predicted molar refractivity (Wildman–Crippen MR) is 49.7 cm³/mol. The average Bonchev–Trinajstić information content (AvgIpc) is 2.02. The number of aliphatic hydroxyl groups excluding tert-OH is 1. The summed E-state index contributed by atoms with van der Waals surface area (Å²) in [5.41, 5.74) is 10.3. The number of aliphatic hydroxyl groups is 1. The summed E-state index contributed by atoms with van der Waals surface area (Å²) in [7, 11) is 0. The number of rotatable bonds is 5. The van der Waals surface area contributed by atoms with E-state index in [9.17, 15) is 9.90 Å². The highest BCUT2D eigenvalue weighted by atomic mass is 16.3. The van der Waals surface area contributed by atoms with E-state index in [1.165, 1.54) is 0 Å². The van der Waals surface area contributed by atoms with Gasteiger partial charge < -0.3 is 5.11 Å². The first-order valence-electron chi connectivity index (χ1n) is 4.28. The molecule has 76 valence electrons. The Morgan fingerprint density at radius 3 is 2.38 bits per heavy atom. The first-order valence-corrected chi connectivity index (χ1v) is 4.28. The van der Waals surface area contributed by atoms with Crippen molar-refractivity contribution in [3.63, 3.8) is 0 Å². The smallest absolute Gasteiger partial charge is 0.338 e. The van der Waals surface area contributed by atoms with Crippen molar-refractivity contribution in [2.45, 2.75) is 26.4 Å². The summed E-state index contributed by atoms with van der Waals surface area (Å²) in [6.45, 7) is 3.91. The van der Waals surface area contributed by atoms with Gasteiger partial charge in [0, 0.05) is 12.3 Å². The third kappa shape index (κ3) is 5.19. The highest BCUT2D eigenvalue weighted by Gasteiger charge is 2.17. The van der Waals surface area contributed by atoms with Gasteiger partial charge in [-0.25, -0.2) is 0 Å². The lowest BCUT2D eigenvalue weighted by Gasteiger charge is -2.09. The number of carbonyl (C=O) groups is 1. The monoisotopic (exact) mass is 188 g/mol. The van der Waals surface area contributed by atoms with Crippen molar-refractivity contribution in [2.24, 2.45) is 17.4 Å². The predicted octanol–water partition coefficient (Wildman–Crippen LogP) is -2.68. The van der Waals surface area contributed by atoms with Crippen LogP contribution in [0.1, 0.15) is 20.3 Å². The second-order valence-corrected chi connectivity index (χ2v) is 3.24. The Balaban J connectivity index is 3.81. The van der Waals surface area contributed by atoms with E-state index in [4.69, 9.17) is 11.5 Å². The zero-order valence-electron chi connectivity index (χ0n) is 8.08. The molecule has 0 amide bonds. The zero-order chi connectivity index (χ0) is 10.4. The van der Waals surface area contributed by atoms with Gasteiger partial charge in [-0.05, 0) is 0 Å². The van der Waals surface area contributed by atoms with Gasteiger partial charge in [0.2, 0.25) is 0 Å². The number of nitrogens with one attached hydrogen (secondary N) is 1. The molecular weight excluding hydrogens is 170 g/mol. The Morgan fingerprint density at radius 2 is 2.00 bits per heavy atom. The standard InChI is InChI=1S/C8H17N3O2/c1-5(2)7(13)6(12)3-4-11-8(9)10/h5-6,12H,3-4H2,1-2H3,(H4,9,10,11)/p+1. The minimum Gasteiger partial charge on any atom is -0.385 e. The summed E-state index contributed by atoms with van der Waals surface area (Å²) in [4.78, 5) is 13.8. The minimum atomic E-state index is -0.924. The topological polar surface area (TPSA) is 103 Å². The van der Waals surface area contributed by atoms with E-state index in [1.807, 2.05) is 0 Å². The molecule has 0 heterocycles. The molecule has 0 aromatic carbocycles. The third-order valence-corrected chi connectivity index (χ3v) is 1.64. The van der Waals surface area contributed by atoms with Gasteiger partial charge in [-0.1, -0.05) is 13.8 Å². The Bertz CT molecular complexity index is 198. The van der Waals surface area contributed by atoms with Crippen LogP contribution in [0.15, 0.2) is 0 Å². The normalized spacial score (nSPS) is 12.6. The summed E-state index contributed by atoms with van der Waals surface area (Å²) in [5, 5.41) is 9.32. The first kappa shape index (κ1) is 11.9. The lowest BCUT2D eigenvalue weighted by molar-refractivity contribution is -0.461. The van der Waals surface area contributed by atoms with E-state index >= 15 is 0 Å². The summed E-state index contributed by atoms with van der Waals surface area (Å²) >= 11 is 0. The Kier molecular flexibility index (Phi) is 5.06. The van der Waals surface area contributed by atoms with Crippen LogP contribution in [0.4, 0.5) is 0 Å². The van der Waals surface area contributed by atoms with Crippen molar-refractivity contribution in [3.8, 4) is 0 Å². The fraction of sp³-hybridized carbons (Fsp3) is 0.750. The quantitative estimate of drug-likeness (QED) is 0.279. The number of hydrogen-bond acceptors (Lipinski definition) is 2. The van der Waals surface area contributed by atoms with E-state index in [0.29, 0.717) is 13.0 Å². The van der Waals surface area contributed by atoms with Gasteiger partial charge in [0.25, 0.3) is 0 Å². The molecule has 5 nitrogen and oxygen atoms in total. The molecule has 0 saturated carbocycles. The van der Waals surface area contributed by atoms with Crippen LogP contribution in [0.25, 0.3) is 0 Å². The van der Waals surface area contributed by atoms with Crippen LogP contribution in [0, 0.1) is 5.92 Å². The van der Waals surface area contributed by atoms with Crippen LogP contribution in [0.2, 0.25) is 0 Å². The molecule has 0 rings (SSSR count). The molecule has 1 atom stereocenters. The molecule has 6 N–H and O–H groups in total. The van der Waals surface area contributed by atoms with Crippen molar-refractivity contribution >= 4 is 11.7 Å². The summed E-state index contributed by atoms with van der Waals surface area (Å²) < 4.78 is 0. The van der Waals surface area contributed by atoms with E-state index in [0.717, 1.165) is 0 Å². The molecule has 0 saturated heterocycles. The van der Waals surface area contributed by atoms with Gasteiger partial charge in [-0.2, -0.15) is 0 Å². The van der Waals surface area contributed by atoms with Crippen LogP contribution in [0.5, 0.6) is 0 Å². The van der Waals surface area contributed by atoms with Crippen LogP contribution < -0.4 is 16.5 Å². The number of carbonyl (C=O) groups excluding carboxylic acids is 1. The fourth-order valence-electron chi connectivity index (χ4n) is 0.880. The Morgan fingerprint density at radius 1 is 1.46 bits per heavy atom. The largest absolute Gasteiger partial charge is 0.385 e. The number of guanidine groups is 1. The molecular formula is C8H18N3O2+. The molecule has 0 aliphatic carbocycles. The van der Waals surface area contributed by atoms with Gasteiger partial charge in [-0.15, -0.1) is 0 Å². The molecule has 0 aliphatic rings. The number of nitrogens with two attached hydrogens (primary N) is 2. The van der Waals surface area contributed by atoms with Crippen molar-refractivity contribution in [2.75, 3.05) is 6.54 Å². The molecule has 13 heavy (non-hydrogen) atoms. The molecule has 0 bridgehead atoms. The van der Waals surface area contributed by atoms with Crippen LogP contribution in [-0.4, -0.2) is 29.5 Å². The maximum absolute atomic E-state index is 11.2. The van der Waals surface area contributed by atoms with Crippen molar-refractivity contribution in [3.05, 3.63) is 0 Å². The maximum Gasteiger partial charge on any atom is 0.338 e. The van der Waals surface area contributed by atoms with Gasteiger partial charge in [0.1, 0.15) is 6.10 Å². The van der Waals surface area contributed by atoms with Crippen molar-refractivity contribution < 1.29 is 14.9 Å². The van der Waals surface area contributed by atoms with Gasteiger partial charge >= 0.3 is 5.96 Å². The minimum absolute atomic E-state index is 0.101. The average molecular weight is 188 g/mol. The van der Waals surface area contributed by atoms with Crippen LogP contribution in [-0.2, 0) is 4.79 Å². The number of hydrogen-bond donors (Lipinski definition) is 4. The summed E-state index contributed by atoms with van der Waals surface area (Å²) in [5.74, 6) is -0.198. The van der Waals surface area contributed by atoms with Crippen molar-refractivity contribution in [1.82, 2.24) is 0 Å². The lowest BCUT2D eigenvalue weighted by atomic mass is 10.0. The Labute approximate surface area is 77.8 Å². The van der Waals surface area contributed by atoms with Gasteiger partial charge in [-0.3, -0.25) is 21.3 Å².